The first-order valence-corrected chi connectivity index (χ1v) is 11.1. The smallest absolute Gasteiger partial charge is 0.279 e. The molecule has 4 rings (SSSR count). The number of carbonyl (C=O) groups excluding carboxylic acids is 2. The van der Waals surface area contributed by atoms with Crippen LogP contribution >= 0.6 is 27.3 Å². The number of rotatable bonds is 5. The summed E-state index contributed by atoms with van der Waals surface area (Å²) in [5, 5.41) is 0. The van der Waals surface area contributed by atoms with Crippen molar-refractivity contribution in [3.05, 3.63) is 75.6 Å². The highest BCUT2D eigenvalue weighted by Crippen LogP contribution is 2.30. The number of thiophene rings is 1. The fourth-order valence-electron chi connectivity index (χ4n) is 3.18. The van der Waals surface area contributed by atoms with Gasteiger partial charge in [0.05, 0.1) is 26.4 Å². The van der Waals surface area contributed by atoms with E-state index in [1.54, 1.807) is 24.3 Å². The maximum absolute atomic E-state index is 12.5. The minimum Gasteiger partial charge on any atom is -0.323 e. The number of hydrogen-bond acceptors (Lipinski definition) is 4. The summed E-state index contributed by atoms with van der Waals surface area (Å²) in [6.07, 6.45) is 0.979. The fourth-order valence-corrected chi connectivity index (χ4v) is 4.55. The van der Waals surface area contributed by atoms with E-state index in [1.165, 1.54) is 11.3 Å². The topological polar surface area (TPSA) is 76.0 Å². The molecule has 2 aromatic heterocycles. The molecule has 2 N–H and O–H groups in total. The van der Waals surface area contributed by atoms with Crippen molar-refractivity contribution in [2.75, 3.05) is 0 Å². The minimum atomic E-state index is -0.391. The van der Waals surface area contributed by atoms with Crippen molar-refractivity contribution in [3.63, 3.8) is 0 Å². The van der Waals surface area contributed by atoms with Crippen molar-refractivity contribution in [2.24, 2.45) is 0 Å². The maximum atomic E-state index is 12.5. The normalized spacial score (nSPS) is 10.9. The number of fused-ring (bicyclic) bond motifs is 1. The van der Waals surface area contributed by atoms with Gasteiger partial charge in [-0.05, 0) is 58.7 Å². The highest BCUT2D eigenvalue weighted by molar-refractivity contribution is 9.10. The predicted octanol–water partition coefficient (Wildman–Crippen LogP) is 5.01. The second kappa shape index (κ2) is 8.81. The number of hydrogen-bond donors (Lipinski definition) is 2. The molecule has 0 aliphatic rings. The number of hydrazine groups is 1. The number of imidazole rings is 1. The molecule has 0 saturated heterocycles. The van der Waals surface area contributed by atoms with Crippen LogP contribution in [0.4, 0.5) is 0 Å². The number of para-hydroxylation sites is 2. The molecular weight excluding hydrogens is 464 g/mol. The van der Waals surface area contributed by atoms with Crippen LogP contribution in [-0.2, 0) is 6.54 Å². The summed E-state index contributed by atoms with van der Waals surface area (Å²) >= 11 is 4.68. The van der Waals surface area contributed by atoms with Crippen LogP contribution in [0.1, 0.15) is 33.4 Å². The van der Waals surface area contributed by atoms with Crippen molar-refractivity contribution in [3.8, 4) is 10.7 Å². The first-order chi connectivity index (χ1) is 14.6. The Morgan fingerprint density at radius 2 is 1.73 bits per heavy atom. The van der Waals surface area contributed by atoms with Crippen LogP contribution in [0.3, 0.4) is 0 Å². The van der Waals surface area contributed by atoms with Gasteiger partial charge in [-0.25, -0.2) is 4.98 Å². The summed E-state index contributed by atoms with van der Waals surface area (Å²) in [5.41, 5.74) is 7.39. The van der Waals surface area contributed by atoms with Crippen molar-refractivity contribution >= 4 is 50.1 Å². The number of nitrogens with zero attached hydrogens (tertiary/aromatic N) is 2. The van der Waals surface area contributed by atoms with Crippen LogP contribution in [0.15, 0.2) is 65.1 Å². The Kier molecular flexibility index (Phi) is 5.96. The van der Waals surface area contributed by atoms with Crippen molar-refractivity contribution in [1.29, 1.82) is 0 Å². The lowest BCUT2D eigenvalue weighted by Crippen LogP contribution is -2.41. The first kappa shape index (κ1) is 20.3. The SMILES string of the molecule is CCCn1c(-c2ccc(C(=O)NNC(=O)c3ccccc3Br)s2)nc2ccccc21. The van der Waals surface area contributed by atoms with Gasteiger partial charge in [-0.3, -0.25) is 20.4 Å². The van der Waals surface area contributed by atoms with Gasteiger partial charge in [0.2, 0.25) is 0 Å². The van der Waals surface area contributed by atoms with E-state index in [2.05, 4.69) is 44.3 Å². The number of aryl methyl sites for hydroxylation is 1. The standard InChI is InChI=1S/C22H19BrN4O2S/c1-2-13-27-17-10-6-5-9-16(17)24-20(27)18-11-12-19(30-18)22(29)26-25-21(28)14-7-3-4-8-15(14)23/h3-12H,2,13H2,1H3,(H,25,28)(H,26,29). The molecule has 0 saturated carbocycles. The summed E-state index contributed by atoms with van der Waals surface area (Å²) in [6, 6.07) is 18.7. The van der Waals surface area contributed by atoms with Crippen LogP contribution in [0, 0.1) is 0 Å². The highest BCUT2D eigenvalue weighted by atomic mass is 79.9. The van der Waals surface area contributed by atoms with Crippen molar-refractivity contribution < 1.29 is 9.59 Å². The Hall–Kier alpha value is -2.97. The van der Waals surface area contributed by atoms with Gasteiger partial charge in [-0.2, -0.15) is 0 Å². The lowest BCUT2D eigenvalue weighted by atomic mass is 10.2. The van der Waals surface area contributed by atoms with E-state index in [1.807, 2.05) is 30.3 Å². The highest BCUT2D eigenvalue weighted by Gasteiger charge is 2.17. The number of halogens is 1. The Morgan fingerprint density at radius 1 is 1.00 bits per heavy atom. The molecular formula is C22H19BrN4O2S. The molecule has 30 heavy (non-hydrogen) atoms. The molecule has 8 heteroatoms. The number of nitrogens with one attached hydrogen (secondary N) is 2. The van der Waals surface area contributed by atoms with Crippen LogP contribution in [0.2, 0.25) is 0 Å². The summed E-state index contributed by atoms with van der Waals surface area (Å²) in [6.45, 7) is 2.97. The van der Waals surface area contributed by atoms with Gasteiger partial charge in [0.15, 0.2) is 5.82 Å². The van der Waals surface area contributed by atoms with Gasteiger partial charge in [-0.15, -0.1) is 11.3 Å². The molecule has 152 valence electrons. The van der Waals surface area contributed by atoms with Crippen molar-refractivity contribution in [2.45, 2.75) is 19.9 Å². The van der Waals surface area contributed by atoms with Gasteiger partial charge < -0.3 is 4.57 Å². The Labute approximate surface area is 186 Å². The summed E-state index contributed by atoms with van der Waals surface area (Å²) in [7, 11) is 0. The second-order valence-electron chi connectivity index (χ2n) is 6.63. The Bertz CT molecular complexity index is 1230. The monoisotopic (exact) mass is 482 g/mol. The average Bonchev–Trinajstić information content (AvgIpc) is 3.38. The predicted molar refractivity (Wildman–Crippen MR) is 122 cm³/mol. The van der Waals surface area contributed by atoms with Gasteiger partial charge in [0, 0.05) is 11.0 Å². The molecule has 0 bridgehead atoms. The van der Waals surface area contributed by atoms with Gasteiger partial charge in [0.25, 0.3) is 11.8 Å². The van der Waals surface area contributed by atoms with E-state index in [0.717, 1.165) is 34.7 Å². The molecule has 6 nitrogen and oxygen atoms in total. The van der Waals surface area contributed by atoms with E-state index in [4.69, 9.17) is 4.98 Å². The molecule has 0 atom stereocenters. The molecule has 0 spiro atoms. The van der Waals surface area contributed by atoms with E-state index in [-0.39, 0.29) is 5.91 Å². The van der Waals surface area contributed by atoms with E-state index < -0.39 is 5.91 Å². The molecule has 0 aliphatic carbocycles. The molecule has 4 aromatic rings. The third-order valence-electron chi connectivity index (χ3n) is 4.56. The molecule has 0 unspecified atom stereocenters. The molecule has 2 aromatic carbocycles. The maximum Gasteiger partial charge on any atom is 0.279 e. The van der Waals surface area contributed by atoms with Crippen LogP contribution in [0.5, 0.6) is 0 Å². The van der Waals surface area contributed by atoms with E-state index >= 15 is 0 Å². The molecule has 0 radical (unpaired) electrons. The number of amides is 2. The lowest BCUT2D eigenvalue weighted by molar-refractivity contribution is 0.0848. The lowest BCUT2D eigenvalue weighted by Gasteiger charge is -2.07. The van der Waals surface area contributed by atoms with Crippen molar-refractivity contribution in [1.82, 2.24) is 20.4 Å². The molecule has 2 heterocycles. The Balaban J connectivity index is 1.52. The van der Waals surface area contributed by atoms with E-state index in [9.17, 15) is 9.59 Å². The first-order valence-electron chi connectivity index (χ1n) is 9.49. The van der Waals surface area contributed by atoms with Gasteiger partial charge in [-0.1, -0.05) is 31.2 Å². The quantitative estimate of drug-likeness (QED) is 0.392. The largest absolute Gasteiger partial charge is 0.323 e. The summed E-state index contributed by atoms with van der Waals surface area (Å²) in [4.78, 5) is 31.0. The van der Waals surface area contributed by atoms with Gasteiger partial charge in [0.1, 0.15) is 0 Å². The number of benzene rings is 2. The number of carbonyl (C=O) groups is 2. The molecule has 0 aliphatic heterocycles. The second-order valence-corrected chi connectivity index (χ2v) is 8.57. The van der Waals surface area contributed by atoms with Crippen LogP contribution in [-0.4, -0.2) is 21.4 Å². The minimum absolute atomic E-state index is 0.371. The zero-order valence-corrected chi connectivity index (χ0v) is 18.6. The van der Waals surface area contributed by atoms with Gasteiger partial charge >= 0.3 is 0 Å². The fraction of sp³-hybridized carbons (Fsp3) is 0.136. The third-order valence-corrected chi connectivity index (χ3v) is 6.33. The third kappa shape index (κ3) is 4.01. The zero-order valence-electron chi connectivity index (χ0n) is 16.2. The average molecular weight is 483 g/mol. The molecule has 0 fully saturated rings. The Morgan fingerprint density at radius 3 is 2.53 bits per heavy atom. The number of aromatic nitrogens is 2. The zero-order chi connectivity index (χ0) is 21.1. The van der Waals surface area contributed by atoms with Crippen LogP contribution in [0.25, 0.3) is 21.7 Å². The summed E-state index contributed by atoms with van der Waals surface area (Å²) in [5.74, 6) is 0.0847. The molecule has 2 amide bonds. The van der Waals surface area contributed by atoms with Crippen LogP contribution < -0.4 is 10.9 Å². The van der Waals surface area contributed by atoms with E-state index in [0.29, 0.717) is 14.9 Å². The summed E-state index contributed by atoms with van der Waals surface area (Å²) < 4.78 is 2.84.